The summed E-state index contributed by atoms with van der Waals surface area (Å²) in [4.78, 5) is 12.0. The molecule has 3 nitrogen and oxygen atoms in total. The summed E-state index contributed by atoms with van der Waals surface area (Å²) in [6, 6.07) is 3.49. The van der Waals surface area contributed by atoms with Gasteiger partial charge in [-0.15, -0.1) is 11.8 Å². The molecule has 2 rings (SSSR count). The molecule has 1 amide bonds. The Morgan fingerprint density at radius 1 is 1.59 bits per heavy atom. The van der Waals surface area contributed by atoms with Crippen LogP contribution >= 0.6 is 23.4 Å². The van der Waals surface area contributed by atoms with E-state index in [2.05, 4.69) is 5.32 Å². The predicted octanol–water partition coefficient (Wildman–Crippen LogP) is 3.06. The van der Waals surface area contributed by atoms with E-state index in [-0.39, 0.29) is 11.2 Å². The molecule has 0 spiro atoms. The highest BCUT2D eigenvalue weighted by molar-refractivity contribution is 8.00. The third-order valence-electron chi connectivity index (χ3n) is 2.82. The predicted molar refractivity (Wildman–Crippen MR) is 74.7 cm³/mol. The van der Waals surface area contributed by atoms with Crippen LogP contribution in [0.15, 0.2) is 12.1 Å². The number of aryl methyl sites for hydroxylation is 1. The van der Waals surface area contributed by atoms with Gasteiger partial charge in [-0.05, 0) is 43.2 Å². The zero-order valence-corrected chi connectivity index (χ0v) is 11.2. The van der Waals surface area contributed by atoms with Gasteiger partial charge >= 0.3 is 0 Å². The second-order valence-electron chi connectivity index (χ2n) is 4.18. The number of benzene rings is 1. The van der Waals surface area contributed by atoms with Crippen LogP contribution in [-0.2, 0) is 4.79 Å². The number of amides is 1. The van der Waals surface area contributed by atoms with E-state index in [1.807, 2.05) is 6.92 Å². The molecular weight excluding hydrogens is 256 g/mol. The number of hydrogen-bond acceptors (Lipinski definition) is 3. The molecule has 0 aliphatic carbocycles. The van der Waals surface area contributed by atoms with Gasteiger partial charge in [0.2, 0.25) is 5.91 Å². The molecule has 1 atom stereocenters. The minimum atomic E-state index is 0.0661. The van der Waals surface area contributed by atoms with Crippen LogP contribution in [-0.4, -0.2) is 16.9 Å². The quantitative estimate of drug-likeness (QED) is 0.812. The summed E-state index contributed by atoms with van der Waals surface area (Å²) < 4.78 is 0. The van der Waals surface area contributed by atoms with E-state index in [1.54, 1.807) is 23.9 Å². The van der Waals surface area contributed by atoms with Gasteiger partial charge in [0.1, 0.15) is 0 Å². The van der Waals surface area contributed by atoms with Gasteiger partial charge in [0, 0.05) is 5.69 Å². The number of halogens is 1. The highest BCUT2D eigenvalue weighted by atomic mass is 35.5. The van der Waals surface area contributed by atoms with E-state index in [0.717, 1.165) is 29.8 Å². The molecule has 1 aromatic rings. The Balaban J connectivity index is 2.12. The maximum atomic E-state index is 12.0. The number of nitrogens with two attached hydrogens (primary N) is 1. The van der Waals surface area contributed by atoms with Crippen LogP contribution in [0.4, 0.5) is 11.4 Å². The van der Waals surface area contributed by atoms with Gasteiger partial charge in [0.25, 0.3) is 0 Å². The van der Waals surface area contributed by atoms with Crippen molar-refractivity contribution in [2.75, 3.05) is 16.8 Å². The first kappa shape index (κ1) is 12.6. The Bertz CT molecular complexity index is 444. The number of nitrogens with one attached hydrogen (secondary N) is 1. The minimum Gasteiger partial charge on any atom is -0.398 e. The van der Waals surface area contributed by atoms with Crippen LogP contribution in [0.25, 0.3) is 0 Å². The van der Waals surface area contributed by atoms with Crippen molar-refractivity contribution in [3.05, 3.63) is 22.7 Å². The van der Waals surface area contributed by atoms with E-state index >= 15 is 0 Å². The summed E-state index contributed by atoms with van der Waals surface area (Å²) in [5, 5.41) is 3.47. The molecular formula is C12H15ClN2OS. The van der Waals surface area contributed by atoms with E-state index in [1.165, 1.54) is 0 Å². The van der Waals surface area contributed by atoms with Crippen molar-refractivity contribution in [2.24, 2.45) is 0 Å². The normalized spacial score (nSPS) is 19.3. The smallest absolute Gasteiger partial charge is 0.237 e. The Morgan fingerprint density at radius 2 is 2.35 bits per heavy atom. The van der Waals surface area contributed by atoms with Crippen LogP contribution < -0.4 is 11.1 Å². The molecule has 0 bridgehead atoms. The summed E-state index contributed by atoms with van der Waals surface area (Å²) >= 11 is 7.66. The second kappa shape index (κ2) is 5.19. The minimum absolute atomic E-state index is 0.0661. The molecule has 1 saturated heterocycles. The molecule has 0 radical (unpaired) electrons. The number of nitrogen functional groups attached to an aromatic ring is 1. The van der Waals surface area contributed by atoms with E-state index in [4.69, 9.17) is 17.3 Å². The van der Waals surface area contributed by atoms with Gasteiger partial charge < -0.3 is 11.1 Å². The maximum Gasteiger partial charge on any atom is 0.237 e. The molecule has 17 heavy (non-hydrogen) atoms. The molecule has 1 heterocycles. The van der Waals surface area contributed by atoms with E-state index < -0.39 is 0 Å². The van der Waals surface area contributed by atoms with Gasteiger partial charge in [0.05, 0.1) is 16.0 Å². The molecule has 5 heteroatoms. The lowest BCUT2D eigenvalue weighted by atomic mass is 10.1. The van der Waals surface area contributed by atoms with Crippen molar-refractivity contribution in [3.63, 3.8) is 0 Å². The zero-order chi connectivity index (χ0) is 12.4. The van der Waals surface area contributed by atoms with Crippen LogP contribution in [0.3, 0.4) is 0 Å². The van der Waals surface area contributed by atoms with Crippen molar-refractivity contribution in [1.82, 2.24) is 0 Å². The maximum absolute atomic E-state index is 12.0. The molecule has 1 aliphatic rings. The number of carbonyl (C=O) groups excluding carboxylic acids is 1. The first-order valence-electron chi connectivity index (χ1n) is 5.56. The lowest BCUT2D eigenvalue weighted by molar-refractivity contribution is -0.115. The topological polar surface area (TPSA) is 55.1 Å². The molecule has 3 N–H and O–H groups in total. The van der Waals surface area contributed by atoms with Crippen molar-refractivity contribution in [2.45, 2.75) is 25.0 Å². The molecule has 0 saturated carbocycles. The summed E-state index contributed by atoms with van der Waals surface area (Å²) in [5.41, 5.74) is 7.92. The van der Waals surface area contributed by atoms with E-state index in [0.29, 0.717) is 10.7 Å². The van der Waals surface area contributed by atoms with Gasteiger partial charge in [0.15, 0.2) is 0 Å². The largest absolute Gasteiger partial charge is 0.398 e. The lowest BCUT2D eigenvalue weighted by Crippen LogP contribution is -2.23. The Morgan fingerprint density at radius 3 is 3.00 bits per heavy atom. The second-order valence-corrected chi connectivity index (χ2v) is 5.90. The van der Waals surface area contributed by atoms with E-state index in [9.17, 15) is 4.79 Å². The van der Waals surface area contributed by atoms with Gasteiger partial charge in [-0.25, -0.2) is 0 Å². The van der Waals surface area contributed by atoms with Crippen molar-refractivity contribution >= 4 is 40.6 Å². The fourth-order valence-corrected chi connectivity index (χ4v) is 3.16. The SMILES string of the molecule is Cc1cc(N)c(Cl)cc1NC(=O)C1CCCS1. The molecule has 1 unspecified atom stereocenters. The highest BCUT2D eigenvalue weighted by Gasteiger charge is 2.23. The zero-order valence-electron chi connectivity index (χ0n) is 9.63. The average molecular weight is 271 g/mol. The molecule has 92 valence electrons. The fraction of sp³-hybridized carbons (Fsp3) is 0.417. The third kappa shape index (κ3) is 2.87. The molecule has 1 aromatic carbocycles. The average Bonchev–Trinajstić information content (AvgIpc) is 2.79. The Kier molecular flexibility index (Phi) is 3.84. The van der Waals surface area contributed by atoms with Crippen LogP contribution in [0.5, 0.6) is 0 Å². The number of hydrogen-bond donors (Lipinski definition) is 2. The van der Waals surface area contributed by atoms with Gasteiger partial charge in [-0.1, -0.05) is 11.6 Å². The van der Waals surface area contributed by atoms with Crippen molar-refractivity contribution in [1.29, 1.82) is 0 Å². The van der Waals surface area contributed by atoms with Gasteiger partial charge in [-0.2, -0.15) is 0 Å². The molecule has 1 aliphatic heterocycles. The first-order chi connectivity index (χ1) is 8.08. The lowest BCUT2D eigenvalue weighted by Gasteiger charge is -2.13. The Hall–Kier alpha value is -0.870. The number of anilines is 2. The highest BCUT2D eigenvalue weighted by Crippen LogP contribution is 2.30. The number of thioether (sulfide) groups is 1. The standard InChI is InChI=1S/C12H15ClN2OS/c1-7-5-9(14)8(13)6-10(7)15-12(16)11-3-2-4-17-11/h5-6,11H,2-4,14H2,1H3,(H,15,16). The molecule has 0 aromatic heterocycles. The summed E-state index contributed by atoms with van der Waals surface area (Å²) in [6.45, 7) is 1.91. The van der Waals surface area contributed by atoms with Gasteiger partial charge in [-0.3, -0.25) is 4.79 Å². The molecule has 1 fully saturated rings. The van der Waals surface area contributed by atoms with Crippen molar-refractivity contribution < 1.29 is 4.79 Å². The summed E-state index contributed by atoms with van der Waals surface area (Å²) in [7, 11) is 0. The monoisotopic (exact) mass is 270 g/mol. The van der Waals surface area contributed by atoms with Crippen molar-refractivity contribution in [3.8, 4) is 0 Å². The number of rotatable bonds is 2. The van der Waals surface area contributed by atoms with Crippen LogP contribution in [0, 0.1) is 6.92 Å². The van der Waals surface area contributed by atoms with Crippen LogP contribution in [0.2, 0.25) is 5.02 Å². The first-order valence-corrected chi connectivity index (χ1v) is 6.98. The van der Waals surface area contributed by atoms with Crippen LogP contribution in [0.1, 0.15) is 18.4 Å². The third-order valence-corrected chi connectivity index (χ3v) is 4.53. The number of carbonyl (C=O) groups is 1. The fourth-order valence-electron chi connectivity index (χ4n) is 1.84. The summed E-state index contributed by atoms with van der Waals surface area (Å²) in [6.07, 6.45) is 2.07. The summed E-state index contributed by atoms with van der Waals surface area (Å²) in [5.74, 6) is 1.14. The Labute approximate surface area is 110 Å².